The van der Waals surface area contributed by atoms with Gasteiger partial charge in [-0.15, -0.1) is 0 Å². The van der Waals surface area contributed by atoms with Gasteiger partial charge < -0.3 is 5.32 Å². The normalized spacial score (nSPS) is 22.1. The van der Waals surface area contributed by atoms with Crippen molar-refractivity contribution in [2.45, 2.75) is 57.5 Å². The average molecular weight is 324 g/mol. The van der Waals surface area contributed by atoms with Crippen LogP contribution in [0.2, 0.25) is 0 Å². The molecule has 0 unspecified atom stereocenters. The summed E-state index contributed by atoms with van der Waals surface area (Å²) in [7, 11) is 0. The van der Waals surface area contributed by atoms with Crippen LogP contribution in [0.25, 0.3) is 0 Å². The summed E-state index contributed by atoms with van der Waals surface area (Å²) in [5.41, 5.74) is 0.983. The summed E-state index contributed by atoms with van der Waals surface area (Å²) in [4.78, 5) is 20.6. The molecule has 6 heteroatoms. The van der Waals surface area contributed by atoms with Crippen LogP contribution in [-0.4, -0.2) is 37.4 Å². The van der Waals surface area contributed by atoms with Gasteiger partial charge in [0.05, 0.1) is 6.04 Å². The van der Waals surface area contributed by atoms with E-state index in [1.54, 1.807) is 18.5 Å². The zero-order valence-corrected chi connectivity index (χ0v) is 14.1. The minimum atomic E-state index is 0.352. The molecule has 0 aromatic carbocycles. The third kappa shape index (κ3) is 3.24. The standard InChI is InChI=1S/C18H24N6/c1-13-12-16(23-18-19-9-5-10-20-18)22-17(21-13)15-8-4-11-24(15)14-6-2-3-7-14/h5,9-10,12,14-15H,2-4,6-8,11H2,1H3,(H,19,20,21,22,23)/t15-/m1/s1. The molecule has 0 amide bonds. The smallest absolute Gasteiger partial charge is 0.228 e. The van der Waals surface area contributed by atoms with Gasteiger partial charge in [0.1, 0.15) is 11.6 Å². The Bertz CT molecular complexity index is 683. The monoisotopic (exact) mass is 324 g/mol. The van der Waals surface area contributed by atoms with Gasteiger partial charge in [-0.3, -0.25) is 4.90 Å². The Labute approximate surface area is 142 Å². The van der Waals surface area contributed by atoms with Gasteiger partial charge in [0.25, 0.3) is 0 Å². The molecule has 2 aromatic heterocycles. The van der Waals surface area contributed by atoms with Crippen LogP contribution in [0.3, 0.4) is 0 Å². The van der Waals surface area contributed by atoms with E-state index in [0.29, 0.717) is 12.0 Å². The van der Waals surface area contributed by atoms with Gasteiger partial charge in [-0.2, -0.15) is 0 Å². The number of nitrogens with zero attached hydrogens (tertiary/aromatic N) is 5. The van der Waals surface area contributed by atoms with Crippen molar-refractivity contribution >= 4 is 11.8 Å². The predicted octanol–water partition coefficient (Wildman–Crippen LogP) is 3.40. The van der Waals surface area contributed by atoms with Crippen LogP contribution in [0.5, 0.6) is 0 Å². The summed E-state index contributed by atoms with van der Waals surface area (Å²) in [5, 5.41) is 3.20. The Morgan fingerprint density at radius 2 is 1.83 bits per heavy atom. The summed E-state index contributed by atoms with van der Waals surface area (Å²) >= 11 is 0. The predicted molar refractivity (Wildman–Crippen MR) is 93.0 cm³/mol. The quantitative estimate of drug-likeness (QED) is 0.930. The maximum absolute atomic E-state index is 4.79. The largest absolute Gasteiger partial charge is 0.309 e. The minimum absolute atomic E-state index is 0.352. The molecule has 126 valence electrons. The molecule has 4 rings (SSSR count). The van der Waals surface area contributed by atoms with Crippen molar-refractivity contribution in [1.29, 1.82) is 0 Å². The van der Waals surface area contributed by atoms with Crippen LogP contribution in [0, 0.1) is 6.92 Å². The Hall–Kier alpha value is -2.08. The van der Waals surface area contributed by atoms with Gasteiger partial charge in [-0.1, -0.05) is 12.8 Å². The fourth-order valence-electron chi connectivity index (χ4n) is 4.02. The molecule has 0 spiro atoms. The van der Waals surface area contributed by atoms with Crippen LogP contribution in [0.4, 0.5) is 11.8 Å². The Morgan fingerprint density at radius 1 is 1.04 bits per heavy atom. The number of hydrogen-bond acceptors (Lipinski definition) is 6. The summed E-state index contributed by atoms with van der Waals surface area (Å²) in [6.07, 6.45) is 11.2. The number of aryl methyl sites for hydroxylation is 1. The topological polar surface area (TPSA) is 66.8 Å². The van der Waals surface area contributed by atoms with E-state index in [2.05, 4.69) is 20.2 Å². The summed E-state index contributed by atoms with van der Waals surface area (Å²) < 4.78 is 0. The lowest BCUT2D eigenvalue weighted by Crippen LogP contribution is -2.33. The first-order chi connectivity index (χ1) is 11.8. The third-order valence-electron chi connectivity index (χ3n) is 5.06. The van der Waals surface area contributed by atoms with E-state index in [9.17, 15) is 0 Å². The van der Waals surface area contributed by atoms with Crippen LogP contribution in [0.1, 0.15) is 56.1 Å². The fraction of sp³-hybridized carbons (Fsp3) is 0.556. The molecule has 6 nitrogen and oxygen atoms in total. The molecule has 2 aliphatic rings. The number of hydrogen-bond donors (Lipinski definition) is 1. The minimum Gasteiger partial charge on any atom is -0.309 e. The Kier molecular flexibility index (Phi) is 4.38. The van der Waals surface area contributed by atoms with Crippen LogP contribution >= 0.6 is 0 Å². The molecule has 2 aromatic rings. The molecular formula is C18H24N6. The highest BCUT2D eigenvalue weighted by Gasteiger charge is 2.34. The van der Waals surface area contributed by atoms with Crippen molar-refractivity contribution in [2.24, 2.45) is 0 Å². The molecule has 1 N–H and O–H groups in total. The van der Waals surface area contributed by atoms with Crippen molar-refractivity contribution in [3.8, 4) is 0 Å². The van der Waals surface area contributed by atoms with Gasteiger partial charge in [-0.25, -0.2) is 19.9 Å². The van der Waals surface area contributed by atoms with Crippen molar-refractivity contribution < 1.29 is 0 Å². The van der Waals surface area contributed by atoms with E-state index in [4.69, 9.17) is 9.97 Å². The lowest BCUT2D eigenvalue weighted by molar-refractivity contribution is 0.176. The highest BCUT2D eigenvalue weighted by Crippen LogP contribution is 2.37. The van der Waals surface area contributed by atoms with Crippen molar-refractivity contribution in [1.82, 2.24) is 24.8 Å². The van der Waals surface area contributed by atoms with Gasteiger partial charge >= 0.3 is 0 Å². The van der Waals surface area contributed by atoms with Gasteiger partial charge in [0.2, 0.25) is 5.95 Å². The second-order valence-corrected chi connectivity index (χ2v) is 6.78. The summed E-state index contributed by atoms with van der Waals surface area (Å²) in [6, 6.07) is 4.83. The Balaban J connectivity index is 1.58. The van der Waals surface area contributed by atoms with Crippen LogP contribution < -0.4 is 5.32 Å². The van der Waals surface area contributed by atoms with E-state index in [0.717, 1.165) is 29.8 Å². The summed E-state index contributed by atoms with van der Waals surface area (Å²) in [6.45, 7) is 3.20. The third-order valence-corrected chi connectivity index (χ3v) is 5.06. The van der Waals surface area contributed by atoms with Crippen molar-refractivity contribution in [2.75, 3.05) is 11.9 Å². The molecule has 2 fully saturated rings. The number of rotatable bonds is 4. The highest BCUT2D eigenvalue weighted by molar-refractivity contribution is 5.47. The molecular weight excluding hydrogens is 300 g/mol. The van der Waals surface area contributed by atoms with E-state index in [1.807, 2.05) is 13.0 Å². The Morgan fingerprint density at radius 3 is 2.62 bits per heavy atom. The van der Waals surface area contributed by atoms with Crippen molar-refractivity contribution in [3.63, 3.8) is 0 Å². The van der Waals surface area contributed by atoms with Gasteiger partial charge in [-0.05, 0) is 45.2 Å². The zero-order valence-electron chi connectivity index (χ0n) is 14.1. The molecule has 24 heavy (non-hydrogen) atoms. The zero-order chi connectivity index (χ0) is 16.4. The van der Waals surface area contributed by atoms with Gasteiger partial charge in [0, 0.05) is 30.2 Å². The van der Waals surface area contributed by atoms with E-state index < -0.39 is 0 Å². The molecule has 3 heterocycles. The average Bonchev–Trinajstić information content (AvgIpc) is 3.26. The van der Waals surface area contributed by atoms with E-state index in [1.165, 1.54) is 38.6 Å². The molecule has 1 aliphatic heterocycles. The lowest BCUT2D eigenvalue weighted by atomic mass is 10.1. The molecule has 1 saturated heterocycles. The summed E-state index contributed by atoms with van der Waals surface area (Å²) in [5.74, 6) is 2.29. The first kappa shape index (κ1) is 15.4. The van der Waals surface area contributed by atoms with E-state index >= 15 is 0 Å². The van der Waals surface area contributed by atoms with Crippen LogP contribution in [-0.2, 0) is 0 Å². The van der Waals surface area contributed by atoms with Crippen molar-refractivity contribution in [3.05, 3.63) is 36.0 Å². The number of aromatic nitrogens is 4. The number of likely N-dealkylation sites (tertiary alicyclic amines) is 1. The SMILES string of the molecule is Cc1cc(Nc2ncccn2)nc([C@H]2CCCN2C2CCCC2)n1. The number of anilines is 2. The maximum atomic E-state index is 4.79. The first-order valence-electron chi connectivity index (χ1n) is 8.95. The molecule has 1 atom stereocenters. The number of nitrogens with one attached hydrogen (secondary N) is 1. The second-order valence-electron chi connectivity index (χ2n) is 6.78. The highest BCUT2D eigenvalue weighted by atomic mass is 15.2. The lowest BCUT2D eigenvalue weighted by Gasteiger charge is -2.29. The molecule has 0 bridgehead atoms. The maximum Gasteiger partial charge on any atom is 0.228 e. The fourth-order valence-corrected chi connectivity index (χ4v) is 4.02. The van der Waals surface area contributed by atoms with Gasteiger partial charge in [0.15, 0.2) is 0 Å². The second kappa shape index (κ2) is 6.81. The first-order valence-corrected chi connectivity index (χ1v) is 8.95. The molecule has 1 aliphatic carbocycles. The van der Waals surface area contributed by atoms with E-state index in [-0.39, 0.29) is 0 Å². The molecule has 0 radical (unpaired) electrons. The molecule has 1 saturated carbocycles. The van der Waals surface area contributed by atoms with Crippen LogP contribution in [0.15, 0.2) is 24.5 Å².